The molecule has 1 fully saturated rings. The van der Waals surface area contributed by atoms with Crippen molar-refractivity contribution >= 4 is 33.4 Å². The first-order chi connectivity index (χ1) is 15.6. The second-order valence-corrected chi connectivity index (χ2v) is 9.31. The molecule has 2 amide bonds. The first-order valence-corrected chi connectivity index (χ1v) is 12.5. The van der Waals surface area contributed by atoms with Gasteiger partial charge in [0.15, 0.2) is 0 Å². The molecule has 6 heteroatoms. The van der Waals surface area contributed by atoms with Gasteiger partial charge < -0.3 is 15.4 Å². The van der Waals surface area contributed by atoms with Crippen LogP contribution >= 0.6 is 15.9 Å². The highest BCUT2D eigenvalue weighted by Crippen LogP contribution is 2.25. The largest absolute Gasteiger partial charge is 0.493 e. The number of hydrogen-bond donors (Lipinski definition) is 2. The van der Waals surface area contributed by atoms with Crippen LogP contribution in [0.4, 0.5) is 5.69 Å². The summed E-state index contributed by atoms with van der Waals surface area (Å²) in [7, 11) is 0. The van der Waals surface area contributed by atoms with E-state index in [1.165, 1.54) is 32.1 Å². The van der Waals surface area contributed by atoms with Crippen molar-refractivity contribution in [3.05, 3.63) is 58.1 Å². The predicted molar refractivity (Wildman–Crippen MR) is 133 cm³/mol. The maximum atomic E-state index is 12.9. The lowest BCUT2D eigenvalue weighted by Gasteiger charge is -2.22. The fourth-order valence-corrected chi connectivity index (χ4v) is 4.30. The summed E-state index contributed by atoms with van der Waals surface area (Å²) in [5.74, 6) is 0.278. The molecule has 0 radical (unpaired) electrons. The van der Waals surface area contributed by atoms with E-state index in [1.807, 2.05) is 12.1 Å². The molecule has 0 heterocycles. The van der Waals surface area contributed by atoms with Crippen molar-refractivity contribution in [2.75, 3.05) is 11.9 Å². The average Bonchev–Trinajstić information content (AvgIpc) is 2.81. The van der Waals surface area contributed by atoms with Crippen LogP contribution in [0.1, 0.15) is 85.4 Å². The maximum absolute atomic E-state index is 12.9. The molecule has 2 aromatic rings. The number of halogens is 1. The van der Waals surface area contributed by atoms with Gasteiger partial charge in [-0.3, -0.25) is 9.59 Å². The first-order valence-electron chi connectivity index (χ1n) is 11.7. The molecule has 32 heavy (non-hydrogen) atoms. The summed E-state index contributed by atoms with van der Waals surface area (Å²) in [5.41, 5.74) is 1.72. The Bertz CT molecular complexity index is 892. The predicted octanol–water partition coefficient (Wildman–Crippen LogP) is 6.72. The van der Waals surface area contributed by atoms with Crippen molar-refractivity contribution in [2.45, 2.75) is 70.8 Å². The fraction of sp³-hybridized carbons (Fsp3) is 0.462. The number of carbonyl (C=O) groups is 2. The van der Waals surface area contributed by atoms with Gasteiger partial charge in [0.1, 0.15) is 5.75 Å². The lowest BCUT2D eigenvalue weighted by molar-refractivity contribution is 0.0927. The van der Waals surface area contributed by atoms with Crippen molar-refractivity contribution in [1.29, 1.82) is 0 Å². The number of amides is 2. The summed E-state index contributed by atoms with van der Waals surface area (Å²) < 4.78 is 6.70. The molecule has 0 aliphatic heterocycles. The molecule has 2 N–H and O–H groups in total. The Morgan fingerprint density at radius 1 is 0.969 bits per heavy atom. The van der Waals surface area contributed by atoms with Crippen LogP contribution in [0.2, 0.25) is 0 Å². The Hall–Kier alpha value is -2.34. The first kappa shape index (κ1) is 24.3. The van der Waals surface area contributed by atoms with E-state index in [2.05, 4.69) is 33.5 Å². The molecule has 0 aromatic heterocycles. The van der Waals surface area contributed by atoms with Gasteiger partial charge in [-0.1, -0.05) is 61.4 Å². The van der Waals surface area contributed by atoms with E-state index in [0.29, 0.717) is 29.2 Å². The third-order valence-electron chi connectivity index (χ3n) is 5.79. The zero-order chi connectivity index (χ0) is 22.8. The van der Waals surface area contributed by atoms with Crippen LogP contribution in [0.3, 0.4) is 0 Å². The van der Waals surface area contributed by atoms with Gasteiger partial charge in [0.25, 0.3) is 11.8 Å². The van der Waals surface area contributed by atoms with Crippen molar-refractivity contribution in [2.24, 2.45) is 0 Å². The minimum Gasteiger partial charge on any atom is -0.493 e. The van der Waals surface area contributed by atoms with Crippen molar-refractivity contribution in [1.82, 2.24) is 5.32 Å². The summed E-state index contributed by atoms with van der Waals surface area (Å²) in [5, 5.41) is 6.03. The number of nitrogens with one attached hydrogen (secondary N) is 2. The van der Waals surface area contributed by atoms with E-state index in [-0.39, 0.29) is 17.9 Å². The number of hydrogen-bond acceptors (Lipinski definition) is 3. The summed E-state index contributed by atoms with van der Waals surface area (Å²) in [6.07, 6.45) is 10.2. The lowest BCUT2D eigenvalue weighted by Crippen LogP contribution is -2.36. The van der Waals surface area contributed by atoms with Crippen LogP contribution in [0.15, 0.2) is 46.9 Å². The molecule has 1 aliphatic rings. The van der Waals surface area contributed by atoms with Crippen LogP contribution in [0.5, 0.6) is 5.75 Å². The van der Waals surface area contributed by atoms with Gasteiger partial charge in [0.2, 0.25) is 0 Å². The van der Waals surface area contributed by atoms with Crippen molar-refractivity contribution in [3.8, 4) is 5.75 Å². The Morgan fingerprint density at radius 2 is 1.72 bits per heavy atom. The van der Waals surface area contributed by atoms with E-state index in [4.69, 9.17) is 4.74 Å². The topological polar surface area (TPSA) is 67.4 Å². The summed E-state index contributed by atoms with van der Waals surface area (Å²) in [6.45, 7) is 2.76. The SMILES string of the molecule is CCCCCCOc1ccc(Br)cc1C(=O)Nc1ccc(C(=O)NC2CCCCC2)cc1. The van der Waals surface area contributed by atoms with Gasteiger partial charge in [-0.25, -0.2) is 0 Å². The highest BCUT2D eigenvalue weighted by molar-refractivity contribution is 9.10. The van der Waals surface area contributed by atoms with E-state index >= 15 is 0 Å². The fourth-order valence-electron chi connectivity index (χ4n) is 3.94. The van der Waals surface area contributed by atoms with Gasteiger partial charge in [-0.2, -0.15) is 0 Å². The summed E-state index contributed by atoms with van der Waals surface area (Å²) >= 11 is 3.44. The summed E-state index contributed by atoms with van der Waals surface area (Å²) in [4.78, 5) is 25.4. The lowest BCUT2D eigenvalue weighted by atomic mass is 9.95. The van der Waals surface area contributed by atoms with E-state index in [1.54, 1.807) is 30.3 Å². The summed E-state index contributed by atoms with van der Waals surface area (Å²) in [6, 6.07) is 12.7. The number of anilines is 1. The van der Waals surface area contributed by atoms with Crippen LogP contribution < -0.4 is 15.4 Å². The molecule has 0 bridgehead atoms. The van der Waals surface area contributed by atoms with E-state index in [9.17, 15) is 9.59 Å². The third-order valence-corrected chi connectivity index (χ3v) is 6.28. The minimum atomic E-state index is -0.241. The van der Waals surface area contributed by atoms with Gasteiger partial charge in [0.05, 0.1) is 12.2 Å². The molecule has 0 unspecified atom stereocenters. The normalized spacial score (nSPS) is 14.1. The monoisotopic (exact) mass is 500 g/mol. The average molecular weight is 501 g/mol. The second kappa shape index (κ2) is 12.6. The van der Waals surface area contributed by atoms with Gasteiger partial charge in [-0.15, -0.1) is 0 Å². The number of benzene rings is 2. The second-order valence-electron chi connectivity index (χ2n) is 8.39. The van der Waals surface area contributed by atoms with Crippen LogP contribution in [-0.4, -0.2) is 24.5 Å². The smallest absolute Gasteiger partial charge is 0.259 e. The molecule has 0 atom stereocenters. The molecule has 172 valence electrons. The van der Waals surface area contributed by atoms with E-state index < -0.39 is 0 Å². The molecule has 1 saturated carbocycles. The van der Waals surface area contributed by atoms with Gasteiger partial charge in [-0.05, 0) is 61.7 Å². The molecule has 5 nitrogen and oxygen atoms in total. The van der Waals surface area contributed by atoms with E-state index in [0.717, 1.165) is 30.2 Å². The molecule has 1 aliphatic carbocycles. The van der Waals surface area contributed by atoms with Gasteiger partial charge in [0, 0.05) is 21.8 Å². The zero-order valence-corrected chi connectivity index (χ0v) is 20.4. The van der Waals surface area contributed by atoms with Crippen molar-refractivity contribution in [3.63, 3.8) is 0 Å². The molecular formula is C26H33BrN2O3. The Kier molecular flexibility index (Phi) is 9.60. The molecule has 0 saturated heterocycles. The molecule has 3 rings (SSSR count). The maximum Gasteiger partial charge on any atom is 0.259 e. The molecule has 2 aromatic carbocycles. The zero-order valence-electron chi connectivity index (χ0n) is 18.8. The quantitative estimate of drug-likeness (QED) is 0.355. The molecular weight excluding hydrogens is 468 g/mol. The standard InChI is InChI=1S/C26H33BrN2O3/c1-2-3-4-8-17-32-24-16-13-20(27)18-23(24)26(31)29-22-14-11-19(12-15-22)25(30)28-21-9-6-5-7-10-21/h11-16,18,21H,2-10,17H2,1H3,(H,28,30)(H,29,31). The number of ether oxygens (including phenoxy) is 1. The number of carbonyl (C=O) groups excluding carboxylic acids is 2. The number of rotatable bonds is 10. The Morgan fingerprint density at radius 3 is 2.44 bits per heavy atom. The highest BCUT2D eigenvalue weighted by Gasteiger charge is 2.17. The third kappa shape index (κ3) is 7.37. The van der Waals surface area contributed by atoms with Crippen LogP contribution in [0, 0.1) is 0 Å². The van der Waals surface area contributed by atoms with Crippen LogP contribution in [0.25, 0.3) is 0 Å². The Labute approximate surface area is 199 Å². The van der Waals surface area contributed by atoms with Crippen molar-refractivity contribution < 1.29 is 14.3 Å². The highest BCUT2D eigenvalue weighted by atomic mass is 79.9. The molecule has 0 spiro atoms. The van der Waals surface area contributed by atoms with Gasteiger partial charge >= 0.3 is 0 Å². The minimum absolute atomic E-state index is 0.0551. The van der Waals surface area contributed by atoms with Crippen LogP contribution in [-0.2, 0) is 0 Å². The number of unbranched alkanes of at least 4 members (excludes halogenated alkanes) is 3. The Balaban J connectivity index is 1.59.